The van der Waals surface area contributed by atoms with Crippen molar-refractivity contribution in [3.63, 3.8) is 0 Å². The van der Waals surface area contributed by atoms with Crippen molar-refractivity contribution in [1.29, 1.82) is 0 Å². The molecule has 0 saturated carbocycles. The lowest BCUT2D eigenvalue weighted by Crippen LogP contribution is -2.63. The number of ether oxygens (including phenoxy) is 1. The number of rotatable bonds is 8. The first-order valence-electron chi connectivity index (χ1n) is 7.24. The number of carbonyl (C=O) groups is 1. The Labute approximate surface area is 120 Å². The molecule has 0 aromatic rings. The molecule has 1 N–H and O–H groups in total. The number of esters is 1. The van der Waals surface area contributed by atoms with Gasteiger partial charge in [0.15, 0.2) is 0 Å². The third-order valence-corrected chi connectivity index (χ3v) is 3.54. The maximum Gasteiger partial charge on any atom is 0.347 e. The Bertz CT molecular complexity index is 328. The number of hydrogen-bond donors (Lipinski definition) is 1. The largest absolute Gasteiger partial charge is 0.428 e. The smallest absolute Gasteiger partial charge is 0.347 e. The molecule has 6 heteroatoms. The fourth-order valence-electron chi connectivity index (χ4n) is 2.49. The van der Waals surface area contributed by atoms with Gasteiger partial charge in [-0.3, -0.25) is 0 Å². The highest BCUT2D eigenvalue weighted by Gasteiger charge is 2.58. The van der Waals surface area contributed by atoms with Crippen LogP contribution in [0.5, 0.6) is 0 Å². The van der Waals surface area contributed by atoms with E-state index in [0.717, 1.165) is 6.42 Å². The van der Waals surface area contributed by atoms with E-state index in [-0.39, 0.29) is 12.0 Å². The van der Waals surface area contributed by atoms with E-state index < -0.39 is 17.4 Å². The second-order valence-corrected chi connectivity index (χ2v) is 5.91. The van der Waals surface area contributed by atoms with Crippen LogP contribution in [0.2, 0.25) is 0 Å². The van der Waals surface area contributed by atoms with Gasteiger partial charge < -0.3 is 4.74 Å². The Morgan fingerprint density at radius 3 is 2.45 bits per heavy atom. The van der Waals surface area contributed by atoms with Gasteiger partial charge >= 0.3 is 5.97 Å². The topological polar surface area (TPSA) is 74.2 Å². The summed E-state index contributed by atoms with van der Waals surface area (Å²) in [7, 11) is 0. The molecule has 3 atom stereocenters. The Balaban J connectivity index is 2.77. The summed E-state index contributed by atoms with van der Waals surface area (Å²) in [6.45, 7) is 9.27. The van der Waals surface area contributed by atoms with Crippen molar-refractivity contribution >= 4 is 5.97 Å². The molecule has 0 bridgehead atoms. The summed E-state index contributed by atoms with van der Waals surface area (Å²) in [4.78, 5) is 26.9. The number of carbonyl (C=O) groups excluding carboxylic acids is 1. The van der Waals surface area contributed by atoms with Gasteiger partial charge in [0.05, 0.1) is 0 Å². The minimum absolute atomic E-state index is 0.197. The lowest BCUT2D eigenvalue weighted by molar-refractivity contribution is -0.502. The summed E-state index contributed by atoms with van der Waals surface area (Å²) < 4.78 is 5.36. The van der Waals surface area contributed by atoms with E-state index in [0.29, 0.717) is 19.3 Å². The van der Waals surface area contributed by atoms with Crippen LogP contribution in [0.3, 0.4) is 0 Å². The standard InChI is InChI=1S/C14H26O6/c1-6-8-11-14(7-2,20-18-11)12(15)17-13(5,19-16)9-10(3)4/h10-11,16H,6-9H2,1-5H3. The molecule has 0 radical (unpaired) electrons. The zero-order valence-corrected chi connectivity index (χ0v) is 13.0. The number of hydrogen-bond acceptors (Lipinski definition) is 6. The van der Waals surface area contributed by atoms with Crippen LogP contribution < -0.4 is 0 Å². The van der Waals surface area contributed by atoms with Crippen LogP contribution in [-0.2, 0) is 24.2 Å². The van der Waals surface area contributed by atoms with Crippen molar-refractivity contribution in [1.82, 2.24) is 0 Å². The van der Waals surface area contributed by atoms with Crippen LogP contribution in [0.4, 0.5) is 0 Å². The summed E-state index contributed by atoms with van der Waals surface area (Å²) >= 11 is 0. The lowest BCUT2D eigenvalue weighted by Gasteiger charge is -2.45. The van der Waals surface area contributed by atoms with E-state index in [9.17, 15) is 4.79 Å². The monoisotopic (exact) mass is 290 g/mol. The predicted molar refractivity (Wildman–Crippen MR) is 71.6 cm³/mol. The molecule has 1 aliphatic rings. The van der Waals surface area contributed by atoms with Crippen LogP contribution >= 0.6 is 0 Å². The van der Waals surface area contributed by atoms with Gasteiger partial charge in [-0.15, -0.1) is 0 Å². The van der Waals surface area contributed by atoms with Crippen LogP contribution in [0.15, 0.2) is 0 Å². The van der Waals surface area contributed by atoms with Gasteiger partial charge in [0.1, 0.15) is 6.10 Å². The van der Waals surface area contributed by atoms with E-state index in [1.165, 1.54) is 6.92 Å². The summed E-state index contributed by atoms with van der Waals surface area (Å²) in [5.41, 5.74) is -1.09. The Morgan fingerprint density at radius 2 is 2.10 bits per heavy atom. The van der Waals surface area contributed by atoms with Gasteiger partial charge in [-0.1, -0.05) is 34.1 Å². The van der Waals surface area contributed by atoms with Gasteiger partial charge in [0.25, 0.3) is 0 Å². The van der Waals surface area contributed by atoms with E-state index in [1.807, 2.05) is 27.7 Å². The van der Waals surface area contributed by atoms with Gasteiger partial charge in [0.2, 0.25) is 11.4 Å². The molecule has 118 valence electrons. The van der Waals surface area contributed by atoms with Crippen LogP contribution in [0, 0.1) is 5.92 Å². The van der Waals surface area contributed by atoms with E-state index in [2.05, 4.69) is 4.89 Å². The molecule has 6 nitrogen and oxygen atoms in total. The summed E-state index contributed by atoms with van der Waals surface area (Å²) in [5, 5.41) is 9.03. The van der Waals surface area contributed by atoms with Crippen molar-refractivity contribution in [2.45, 2.75) is 77.8 Å². The SMILES string of the molecule is CCCC1OOC1(CC)C(=O)OC(C)(CC(C)C)OO. The van der Waals surface area contributed by atoms with Crippen LogP contribution in [0.25, 0.3) is 0 Å². The molecule has 0 aromatic heterocycles. The molecular formula is C14H26O6. The fourth-order valence-corrected chi connectivity index (χ4v) is 2.49. The first-order chi connectivity index (χ1) is 9.33. The van der Waals surface area contributed by atoms with Gasteiger partial charge in [0, 0.05) is 13.3 Å². The van der Waals surface area contributed by atoms with E-state index in [4.69, 9.17) is 19.8 Å². The van der Waals surface area contributed by atoms with Gasteiger partial charge in [-0.2, -0.15) is 4.89 Å². The lowest BCUT2D eigenvalue weighted by atomic mass is 9.89. The molecule has 1 saturated heterocycles. The Hall–Kier alpha value is -0.690. The molecule has 1 rings (SSSR count). The summed E-state index contributed by atoms with van der Waals surface area (Å²) in [6, 6.07) is 0. The van der Waals surface area contributed by atoms with Crippen molar-refractivity contribution < 1.29 is 29.5 Å². The third kappa shape index (κ3) is 3.49. The quantitative estimate of drug-likeness (QED) is 0.320. The Kier molecular flexibility index (Phi) is 5.94. The van der Waals surface area contributed by atoms with Gasteiger partial charge in [-0.25, -0.2) is 19.8 Å². The minimum Gasteiger partial charge on any atom is -0.428 e. The molecular weight excluding hydrogens is 264 g/mol. The fraction of sp³-hybridized carbons (Fsp3) is 0.929. The first kappa shape index (κ1) is 17.4. The molecule has 1 aliphatic heterocycles. The zero-order valence-electron chi connectivity index (χ0n) is 13.0. The maximum absolute atomic E-state index is 12.4. The van der Waals surface area contributed by atoms with E-state index >= 15 is 0 Å². The molecule has 1 heterocycles. The molecule has 1 fully saturated rings. The highest BCUT2D eigenvalue weighted by atomic mass is 17.3. The van der Waals surface area contributed by atoms with Crippen molar-refractivity contribution in [2.24, 2.45) is 5.92 Å². The van der Waals surface area contributed by atoms with Crippen LogP contribution in [-0.4, -0.2) is 28.7 Å². The first-order valence-corrected chi connectivity index (χ1v) is 7.24. The molecule has 3 unspecified atom stereocenters. The highest BCUT2D eigenvalue weighted by Crippen LogP contribution is 2.39. The van der Waals surface area contributed by atoms with Crippen molar-refractivity contribution in [2.75, 3.05) is 0 Å². The molecule has 0 aromatic carbocycles. The predicted octanol–water partition coefficient (Wildman–Crippen LogP) is 3.06. The maximum atomic E-state index is 12.4. The molecule has 0 spiro atoms. The van der Waals surface area contributed by atoms with Crippen molar-refractivity contribution in [3.8, 4) is 0 Å². The normalized spacial score (nSPS) is 28.9. The average molecular weight is 290 g/mol. The summed E-state index contributed by atoms with van der Waals surface area (Å²) in [5.74, 6) is -1.73. The summed E-state index contributed by atoms with van der Waals surface area (Å²) in [6.07, 6.45) is 2.10. The molecule has 0 aliphatic carbocycles. The minimum atomic E-state index is -1.37. The third-order valence-electron chi connectivity index (χ3n) is 3.54. The zero-order chi connectivity index (χ0) is 15.4. The van der Waals surface area contributed by atoms with Gasteiger partial charge in [-0.05, 0) is 18.8 Å². The highest BCUT2D eigenvalue weighted by molar-refractivity contribution is 5.81. The second kappa shape index (κ2) is 6.85. The Morgan fingerprint density at radius 1 is 1.45 bits per heavy atom. The van der Waals surface area contributed by atoms with E-state index in [1.54, 1.807) is 0 Å². The van der Waals surface area contributed by atoms with Crippen molar-refractivity contribution in [3.05, 3.63) is 0 Å². The average Bonchev–Trinajstić information content (AvgIpc) is 2.34. The van der Waals surface area contributed by atoms with Crippen LogP contribution in [0.1, 0.15) is 60.3 Å². The molecule has 20 heavy (non-hydrogen) atoms. The molecule has 0 amide bonds. The second-order valence-electron chi connectivity index (χ2n) is 5.91.